The van der Waals surface area contributed by atoms with Gasteiger partial charge in [0.15, 0.2) is 5.69 Å². The van der Waals surface area contributed by atoms with Crippen molar-refractivity contribution < 1.29 is 18.3 Å². The summed E-state index contributed by atoms with van der Waals surface area (Å²) in [4.78, 5) is 14.5. The summed E-state index contributed by atoms with van der Waals surface area (Å²) >= 11 is 5.68. The molecular weight excluding hydrogens is 304 g/mol. The number of rotatable bonds is 4. The molecule has 0 saturated carbocycles. The highest BCUT2D eigenvalue weighted by atomic mass is 35.5. The number of anilines is 1. The lowest BCUT2D eigenvalue weighted by Crippen LogP contribution is -2.14. The Morgan fingerprint density at radius 2 is 1.80 bits per heavy atom. The van der Waals surface area contributed by atoms with Gasteiger partial charge < -0.3 is 5.11 Å². The van der Waals surface area contributed by atoms with Crippen LogP contribution < -0.4 is 4.72 Å². The summed E-state index contributed by atoms with van der Waals surface area (Å²) in [5, 5.41) is 9.21. The number of carbonyl (C=O) groups is 1. The maximum atomic E-state index is 12.1. The van der Waals surface area contributed by atoms with Crippen molar-refractivity contribution in [3.63, 3.8) is 0 Å². The second-order valence-corrected chi connectivity index (χ2v) is 5.89. The first-order valence-corrected chi connectivity index (χ1v) is 7.23. The molecule has 2 rings (SSSR count). The molecular formula is C12H9ClN2O4S. The monoisotopic (exact) mass is 312 g/mol. The molecule has 0 bridgehead atoms. The smallest absolute Gasteiger partial charge is 0.354 e. The zero-order chi connectivity index (χ0) is 14.8. The normalized spacial score (nSPS) is 11.1. The van der Waals surface area contributed by atoms with E-state index in [2.05, 4.69) is 9.71 Å². The van der Waals surface area contributed by atoms with Gasteiger partial charge in [0.25, 0.3) is 10.0 Å². The molecule has 0 aliphatic heterocycles. The van der Waals surface area contributed by atoms with Crippen LogP contribution in [0.15, 0.2) is 47.4 Å². The molecule has 0 spiro atoms. The van der Waals surface area contributed by atoms with Gasteiger partial charge in [-0.2, -0.15) is 0 Å². The van der Waals surface area contributed by atoms with Crippen molar-refractivity contribution in [3.8, 4) is 0 Å². The molecule has 0 atom stereocenters. The predicted molar refractivity (Wildman–Crippen MR) is 73.5 cm³/mol. The minimum atomic E-state index is -3.84. The van der Waals surface area contributed by atoms with Crippen LogP contribution in [-0.2, 0) is 10.0 Å². The van der Waals surface area contributed by atoms with Gasteiger partial charge in [0.05, 0.1) is 4.90 Å². The molecule has 1 aromatic heterocycles. The first-order chi connectivity index (χ1) is 9.38. The van der Waals surface area contributed by atoms with E-state index in [-0.39, 0.29) is 16.4 Å². The average Bonchev–Trinajstić information content (AvgIpc) is 2.39. The second-order valence-electron chi connectivity index (χ2n) is 3.77. The summed E-state index contributed by atoms with van der Waals surface area (Å²) in [6.07, 6.45) is 0. The van der Waals surface area contributed by atoms with E-state index >= 15 is 0 Å². The Morgan fingerprint density at radius 1 is 1.15 bits per heavy atom. The Balaban J connectivity index is 2.31. The lowest BCUT2D eigenvalue weighted by molar-refractivity contribution is 0.0690. The summed E-state index contributed by atoms with van der Waals surface area (Å²) < 4.78 is 26.3. The zero-order valence-electron chi connectivity index (χ0n) is 9.95. The number of carboxylic acids is 1. The Kier molecular flexibility index (Phi) is 3.91. The van der Waals surface area contributed by atoms with Crippen molar-refractivity contribution in [1.29, 1.82) is 0 Å². The molecule has 2 aromatic rings. The number of aromatic nitrogens is 1. The van der Waals surface area contributed by atoms with E-state index in [1.165, 1.54) is 42.5 Å². The van der Waals surface area contributed by atoms with Gasteiger partial charge in [0.1, 0.15) is 5.82 Å². The highest BCUT2D eigenvalue weighted by molar-refractivity contribution is 7.92. The van der Waals surface area contributed by atoms with Gasteiger partial charge in [-0.05, 0) is 36.4 Å². The molecule has 1 heterocycles. The summed E-state index contributed by atoms with van der Waals surface area (Å²) in [5.74, 6) is -1.31. The first-order valence-electron chi connectivity index (χ1n) is 5.37. The van der Waals surface area contributed by atoms with E-state index in [0.29, 0.717) is 5.02 Å². The zero-order valence-corrected chi connectivity index (χ0v) is 11.5. The Bertz CT molecular complexity index is 744. The quantitative estimate of drug-likeness (QED) is 0.902. The summed E-state index contributed by atoms with van der Waals surface area (Å²) in [5.41, 5.74) is -0.249. The average molecular weight is 313 g/mol. The fourth-order valence-electron chi connectivity index (χ4n) is 1.42. The van der Waals surface area contributed by atoms with Crippen LogP contribution >= 0.6 is 11.6 Å². The highest BCUT2D eigenvalue weighted by Crippen LogP contribution is 2.17. The molecule has 0 aliphatic carbocycles. The van der Waals surface area contributed by atoms with Crippen molar-refractivity contribution in [1.82, 2.24) is 4.98 Å². The molecule has 2 N–H and O–H groups in total. The van der Waals surface area contributed by atoms with Crippen LogP contribution in [-0.4, -0.2) is 24.5 Å². The van der Waals surface area contributed by atoms with E-state index in [4.69, 9.17) is 16.7 Å². The fraction of sp³-hybridized carbons (Fsp3) is 0. The Labute approximate surface area is 120 Å². The van der Waals surface area contributed by atoms with Gasteiger partial charge in [-0.15, -0.1) is 0 Å². The number of hydrogen-bond donors (Lipinski definition) is 2. The van der Waals surface area contributed by atoms with Gasteiger partial charge in [-0.1, -0.05) is 17.7 Å². The van der Waals surface area contributed by atoms with Crippen LogP contribution in [0.5, 0.6) is 0 Å². The Morgan fingerprint density at radius 3 is 2.40 bits per heavy atom. The SMILES string of the molecule is O=C(O)c1cccc(NS(=O)(=O)c2ccc(Cl)cc2)n1. The van der Waals surface area contributed by atoms with E-state index in [1.54, 1.807) is 0 Å². The van der Waals surface area contributed by atoms with E-state index in [1.807, 2.05) is 0 Å². The minimum Gasteiger partial charge on any atom is -0.477 e. The molecule has 0 amide bonds. The van der Waals surface area contributed by atoms with Crippen molar-refractivity contribution in [3.05, 3.63) is 53.2 Å². The molecule has 8 heteroatoms. The molecule has 0 aliphatic rings. The number of hydrogen-bond acceptors (Lipinski definition) is 4. The maximum absolute atomic E-state index is 12.1. The number of nitrogens with one attached hydrogen (secondary N) is 1. The van der Waals surface area contributed by atoms with Crippen LogP contribution in [0, 0.1) is 0 Å². The summed E-state index contributed by atoms with van der Waals surface area (Å²) in [6, 6.07) is 9.59. The van der Waals surface area contributed by atoms with Gasteiger partial charge >= 0.3 is 5.97 Å². The van der Waals surface area contributed by atoms with Crippen LogP contribution in [0.3, 0.4) is 0 Å². The number of carboxylic acid groups (broad SMARTS) is 1. The molecule has 0 saturated heterocycles. The number of halogens is 1. The minimum absolute atomic E-state index is 0.00410. The molecule has 1 aromatic carbocycles. The number of benzene rings is 1. The lowest BCUT2D eigenvalue weighted by atomic mass is 10.3. The van der Waals surface area contributed by atoms with Crippen LogP contribution in [0.25, 0.3) is 0 Å². The number of nitrogens with zero attached hydrogens (tertiary/aromatic N) is 1. The topological polar surface area (TPSA) is 96.4 Å². The van der Waals surface area contributed by atoms with Crippen molar-refractivity contribution in [2.45, 2.75) is 4.90 Å². The first kappa shape index (κ1) is 14.3. The number of pyridine rings is 1. The molecule has 0 unspecified atom stereocenters. The predicted octanol–water partition coefficient (Wildman–Crippen LogP) is 2.23. The molecule has 104 valence electrons. The lowest BCUT2D eigenvalue weighted by Gasteiger charge is -2.07. The molecule has 0 radical (unpaired) electrons. The molecule has 20 heavy (non-hydrogen) atoms. The van der Waals surface area contributed by atoms with Gasteiger partial charge in [-0.3, -0.25) is 4.72 Å². The largest absolute Gasteiger partial charge is 0.477 e. The summed E-state index contributed by atoms with van der Waals surface area (Å²) in [7, 11) is -3.84. The molecule has 0 fully saturated rings. The third-order valence-electron chi connectivity index (χ3n) is 2.33. The summed E-state index contributed by atoms with van der Waals surface area (Å²) in [6.45, 7) is 0. The van der Waals surface area contributed by atoms with Crippen LogP contribution in [0.2, 0.25) is 5.02 Å². The maximum Gasteiger partial charge on any atom is 0.354 e. The third kappa shape index (κ3) is 3.25. The van der Waals surface area contributed by atoms with Crippen molar-refractivity contribution in [2.24, 2.45) is 0 Å². The number of aromatic carboxylic acids is 1. The van der Waals surface area contributed by atoms with Gasteiger partial charge in [0, 0.05) is 5.02 Å². The number of sulfonamides is 1. The highest BCUT2D eigenvalue weighted by Gasteiger charge is 2.15. The van der Waals surface area contributed by atoms with Crippen molar-refractivity contribution >= 4 is 33.4 Å². The van der Waals surface area contributed by atoms with E-state index in [9.17, 15) is 13.2 Å². The fourth-order valence-corrected chi connectivity index (χ4v) is 2.55. The Hall–Kier alpha value is -2.12. The van der Waals surface area contributed by atoms with Crippen LogP contribution in [0.4, 0.5) is 5.82 Å². The molecule has 6 nitrogen and oxygen atoms in total. The van der Waals surface area contributed by atoms with E-state index in [0.717, 1.165) is 0 Å². The third-order valence-corrected chi connectivity index (χ3v) is 3.95. The standard InChI is InChI=1S/C12H9ClN2O4S/c13-8-4-6-9(7-5-8)20(18,19)15-11-3-1-2-10(14-11)12(16)17/h1-7H,(H,14,15)(H,16,17). The van der Waals surface area contributed by atoms with Crippen molar-refractivity contribution in [2.75, 3.05) is 4.72 Å². The van der Waals surface area contributed by atoms with E-state index < -0.39 is 16.0 Å². The second kappa shape index (κ2) is 5.48. The van der Waals surface area contributed by atoms with Crippen LogP contribution in [0.1, 0.15) is 10.5 Å². The van der Waals surface area contributed by atoms with Gasteiger partial charge in [0.2, 0.25) is 0 Å². The van der Waals surface area contributed by atoms with Gasteiger partial charge in [-0.25, -0.2) is 18.2 Å².